The maximum atomic E-state index is 12.1. The molecule has 152 valence electrons. The van der Waals surface area contributed by atoms with Gasteiger partial charge in [-0.05, 0) is 18.2 Å². The maximum Gasteiger partial charge on any atom is 0.268 e. The van der Waals surface area contributed by atoms with E-state index in [0.717, 1.165) is 5.56 Å². The number of carbonyl (C=O) groups excluding carboxylic acids is 2. The second-order valence-electron chi connectivity index (χ2n) is 7.03. The van der Waals surface area contributed by atoms with E-state index in [1.165, 1.54) is 16.2 Å². The Morgan fingerprint density at radius 2 is 2.23 bits per heavy atom. The minimum atomic E-state index is -1.65. The molecule has 1 aromatic carbocycles. The Balaban J connectivity index is 1.64. The number of amides is 2. The maximum absolute atomic E-state index is 12.1. The van der Waals surface area contributed by atoms with Crippen molar-refractivity contribution in [3.8, 4) is 22.4 Å². The number of hydrogen-bond donors (Lipinski definition) is 2. The van der Waals surface area contributed by atoms with Crippen molar-refractivity contribution < 1.29 is 14.7 Å². The molecule has 3 aromatic rings. The zero-order valence-corrected chi connectivity index (χ0v) is 17.0. The number of carbonyl (C=O) groups is 2. The van der Waals surface area contributed by atoms with Crippen LogP contribution in [-0.2, 0) is 11.3 Å². The minimum Gasteiger partial charge on any atom is -0.369 e. The van der Waals surface area contributed by atoms with Crippen molar-refractivity contribution in [3.05, 3.63) is 58.9 Å². The number of aromatic nitrogens is 3. The Morgan fingerprint density at radius 1 is 1.40 bits per heavy atom. The van der Waals surface area contributed by atoms with Crippen LogP contribution in [0.3, 0.4) is 0 Å². The third kappa shape index (κ3) is 3.83. The van der Waals surface area contributed by atoms with Crippen LogP contribution in [0.2, 0.25) is 0 Å². The van der Waals surface area contributed by atoms with Crippen LogP contribution in [0.5, 0.6) is 0 Å². The topological polar surface area (TPSA) is 114 Å². The number of thiazole rings is 1. The average Bonchev–Trinajstić information content (AvgIpc) is 3.45. The number of primary amides is 1. The highest BCUT2D eigenvalue weighted by atomic mass is 32.1. The fourth-order valence-corrected chi connectivity index (χ4v) is 4.25. The molecule has 9 heteroatoms. The van der Waals surface area contributed by atoms with E-state index in [-0.39, 0.29) is 18.0 Å². The van der Waals surface area contributed by atoms with Crippen molar-refractivity contribution in [1.29, 1.82) is 0 Å². The number of likely N-dealkylation sites (N-methyl/N-ethyl adjacent to an activating group) is 1. The summed E-state index contributed by atoms with van der Waals surface area (Å²) in [5, 5.41) is 15.3. The number of nitrogens with zero attached hydrogens (tertiary/aromatic N) is 4. The monoisotopic (exact) mass is 421 g/mol. The first-order valence-corrected chi connectivity index (χ1v) is 10.1. The Bertz CT molecular complexity index is 1170. The molecule has 0 spiro atoms. The summed E-state index contributed by atoms with van der Waals surface area (Å²) >= 11 is 1.36. The van der Waals surface area contributed by atoms with Gasteiger partial charge < -0.3 is 15.7 Å². The molecule has 30 heavy (non-hydrogen) atoms. The van der Waals surface area contributed by atoms with Gasteiger partial charge in [-0.15, -0.1) is 11.3 Å². The second-order valence-corrected chi connectivity index (χ2v) is 8.11. The first-order chi connectivity index (χ1) is 14.4. The van der Waals surface area contributed by atoms with E-state index in [0.29, 0.717) is 28.5 Å². The van der Waals surface area contributed by atoms with E-state index in [1.807, 2.05) is 12.1 Å². The van der Waals surface area contributed by atoms with Crippen molar-refractivity contribution in [2.45, 2.75) is 18.6 Å². The van der Waals surface area contributed by atoms with Crippen LogP contribution in [0.15, 0.2) is 42.7 Å². The highest BCUT2D eigenvalue weighted by molar-refractivity contribution is 7.15. The van der Waals surface area contributed by atoms with Crippen molar-refractivity contribution in [2.24, 2.45) is 5.73 Å². The summed E-state index contributed by atoms with van der Waals surface area (Å²) in [6, 6.07) is 9.06. The van der Waals surface area contributed by atoms with Crippen LogP contribution in [0.4, 0.5) is 0 Å². The summed E-state index contributed by atoms with van der Waals surface area (Å²) in [7, 11) is 1.64. The fraction of sp³-hybridized carbons (Fsp3) is 0.238. The summed E-state index contributed by atoms with van der Waals surface area (Å²) in [4.78, 5) is 30.5. The van der Waals surface area contributed by atoms with Gasteiger partial charge in [-0.3, -0.25) is 14.3 Å². The van der Waals surface area contributed by atoms with Crippen molar-refractivity contribution in [3.63, 3.8) is 0 Å². The van der Waals surface area contributed by atoms with Gasteiger partial charge in [-0.2, -0.15) is 5.10 Å². The summed E-state index contributed by atoms with van der Waals surface area (Å²) < 4.78 is 1.70. The van der Waals surface area contributed by atoms with Crippen LogP contribution in [-0.4, -0.2) is 55.8 Å². The van der Waals surface area contributed by atoms with Gasteiger partial charge in [0.15, 0.2) is 0 Å². The predicted molar refractivity (Wildman–Crippen MR) is 111 cm³/mol. The van der Waals surface area contributed by atoms with E-state index >= 15 is 0 Å². The van der Waals surface area contributed by atoms with E-state index < -0.39 is 11.5 Å². The van der Waals surface area contributed by atoms with Gasteiger partial charge in [0.1, 0.15) is 10.7 Å². The van der Waals surface area contributed by atoms with Crippen molar-refractivity contribution in [2.75, 3.05) is 13.6 Å². The molecule has 1 aliphatic heterocycles. The number of aliphatic hydroxyl groups is 1. The number of likely N-dealkylation sites (tertiary alicyclic amines) is 1. The lowest BCUT2D eigenvalue weighted by Gasteiger charge is -2.13. The fourth-order valence-electron chi connectivity index (χ4n) is 3.19. The van der Waals surface area contributed by atoms with Gasteiger partial charge in [0.25, 0.3) is 11.8 Å². The third-order valence-corrected chi connectivity index (χ3v) is 5.92. The Morgan fingerprint density at radius 3 is 2.90 bits per heavy atom. The Hall–Kier alpha value is -3.48. The molecule has 0 saturated carbocycles. The molecule has 2 amide bonds. The van der Waals surface area contributed by atoms with Crippen molar-refractivity contribution >= 4 is 23.2 Å². The molecule has 4 rings (SSSR count). The summed E-state index contributed by atoms with van der Waals surface area (Å²) in [5.74, 6) is 4.62. The molecule has 0 aliphatic carbocycles. The average molecular weight is 421 g/mol. The number of hydrogen-bond acceptors (Lipinski definition) is 6. The highest BCUT2D eigenvalue weighted by Gasteiger charge is 2.42. The normalized spacial score (nSPS) is 18.3. The quantitative estimate of drug-likeness (QED) is 0.612. The number of rotatable bonds is 4. The van der Waals surface area contributed by atoms with Crippen LogP contribution < -0.4 is 5.73 Å². The molecule has 1 saturated heterocycles. The molecule has 0 radical (unpaired) electrons. The molecule has 8 nitrogen and oxygen atoms in total. The predicted octanol–water partition coefficient (Wildman–Crippen LogP) is 1.10. The van der Waals surface area contributed by atoms with Crippen LogP contribution >= 0.6 is 11.3 Å². The van der Waals surface area contributed by atoms with Crippen molar-refractivity contribution in [1.82, 2.24) is 19.7 Å². The van der Waals surface area contributed by atoms with Crippen LogP contribution in [0.25, 0.3) is 10.6 Å². The minimum absolute atomic E-state index is 0.218. The molecule has 3 N–H and O–H groups in total. The lowest BCUT2D eigenvalue weighted by molar-refractivity contribution is -0.137. The van der Waals surface area contributed by atoms with Gasteiger partial charge in [0, 0.05) is 43.5 Å². The second kappa shape index (κ2) is 7.74. The molecule has 1 fully saturated rings. The third-order valence-electron chi connectivity index (χ3n) is 4.83. The lowest BCUT2D eigenvalue weighted by atomic mass is 10.0. The largest absolute Gasteiger partial charge is 0.369 e. The molecule has 1 aliphatic rings. The highest BCUT2D eigenvalue weighted by Crippen LogP contribution is 2.29. The number of nitrogens with two attached hydrogens (primary N) is 1. The van der Waals surface area contributed by atoms with Gasteiger partial charge in [0.2, 0.25) is 5.60 Å². The smallest absolute Gasteiger partial charge is 0.268 e. The van der Waals surface area contributed by atoms with E-state index in [4.69, 9.17) is 5.73 Å². The molecule has 1 atom stereocenters. The SMILES string of the molecule is CN1CC[C@@](O)(C#Cc2cccc(-c3nc(C(N)=O)c(Cn4cccn4)s3)c2)C1=O. The zero-order chi connectivity index (χ0) is 21.3. The summed E-state index contributed by atoms with van der Waals surface area (Å²) in [6.07, 6.45) is 3.74. The standard InChI is InChI=1S/C21H19N5O3S/c1-25-11-8-21(29,20(25)28)7-6-14-4-2-5-15(12-14)19-24-17(18(22)27)16(30-19)13-26-10-3-9-23-26/h2-5,9-10,12,29H,8,11,13H2,1H3,(H2,22,27)/t21-/m0/s1. The first kappa shape index (κ1) is 19.8. The lowest BCUT2D eigenvalue weighted by Crippen LogP contribution is -2.37. The molecule has 2 aromatic heterocycles. The van der Waals surface area contributed by atoms with Crippen LogP contribution in [0, 0.1) is 11.8 Å². The van der Waals surface area contributed by atoms with Crippen LogP contribution in [0.1, 0.15) is 27.3 Å². The molecular weight excluding hydrogens is 402 g/mol. The molecular formula is C21H19N5O3S. The molecule has 0 bridgehead atoms. The first-order valence-electron chi connectivity index (χ1n) is 9.24. The van der Waals surface area contributed by atoms with Gasteiger partial charge in [0.05, 0.1) is 11.4 Å². The summed E-state index contributed by atoms with van der Waals surface area (Å²) in [6.45, 7) is 0.864. The van der Waals surface area contributed by atoms with E-state index in [2.05, 4.69) is 21.9 Å². The zero-order valence-electron chi connectivity index (χ0n) is 16.2. The molecule has 3 heterocycles. The van der Waals surface area contributed by atoms with E-state index in [9.17, 15) is 14.7 Å². The molecule has 0 unspecified atom stereocenters. The van der Waals surface area contributed by atoms with E-state index in [1.54, 1.807) is 42.3 Å². The Kier molecular flexibility index (Phi) is 5.11. The van der Waals surface area contributed by atoms with Gasteiger partial charge in [-0.25, -0.2) is 4.98 Å². The Labute approximate surface area is 177 Å². The van der Waals surface area contributed by atoms with Gasteiger partial charge >= 0.3 is 0 Å². The van der Waals surface area contributed by atoms with Gasteiger partial charge in [-0.1, -0.05) is 24.0 Å². The number of benzene rings is 1. The summed E-state index contributed by atoms with van der Waals surface area (Å²) in [5.41, 5.74) is 5.48.